The molecule has 0 bridgehead atoms. The predicted molar refractivity (Wildman–Crippen MR) is 45.2 cm³/mol. The molecule has 64 valence electrons. The van der Waals surface area contributed by atoms with E-state index in [0.717, 1.165) is 0 Å². The van der Waals surface area contributed by atoms with Gasteiger partial charge in [0.2, 0.25) is 0 Å². The van der Waals surface area contributed by atoms with Crippen LogP contribution >= 0.6 is 0 Å². The van der Waals surface area contributed by atoms with Gasteiger partial charge in [-0.15, -0.1) is 0 Å². The fraction of sp³-hybridized carbons (Fsp3) is 0.667. The molecule has 0 radical (unpaired) electrons. The maximum atomic E-state index is 10.8. The Kier molecular flexibility index (Phi) is 5.53. The van der Waals surface area contributed by atoms with E-state index in [9.17, 15) is 4.79 Å². The molecular formula is C9H16O2. The lowest BCUT2D eigenvalue weighted by molar-refractivity contribution is -0.142. The topological polar surface area (TPSA) is 26.3 Å². The normalized spacial score (nSPS) is 10.9. The molecule has 0 heterocycles. The number of rotatable bonds is 4. The third-order valence-corrected chi connectivity index (χ3v) is 1.11. The summed E-state index contributed by atoms with van der Waals surface area (Å²) in [7, 11) is 0. The van der Waals surface area contributed by atoms with E-state index < -0.39 is 0 Å². The lowest BCUT2D eigenvalue weighted by atomic mass is 10.2. The van der Waals surface area contributed by atoms with Crippen molar-refractivity contribution in [2.75, 3.05) is 6.61 Å². The van der Waals surface area contributed by atoms with Crippen molar-refractivity contribution in [1.29, 1.82) is 0 Å². The number of allylic oxidation sites excluding steroid dienone is 1. The number of esters is 1. The van der Waals surface area contributed by atoms with Gasteiger partial charge in [0.25, 0.3) is 0 Å². The third-order valence-electron chi connectivity index (χ3n) is 1.11. The minimum Gasteiger partial charge on any atom is -0.466 e. The highest BCUT2D eigenvalue weighted by Gasteiger charge is 1.95. The van der Waals surface area contributed by atoms with E-state index in [4.69, 9.17) is 4.74 Å². The first-order valence-electron chi connectivity index (χ1n) is 3.99. The van der Waals surface area contributed by atoms with Crippen LogP contribution in [0.1, 0.15) is 27.2 Å². The van der Waals surface area contributed by atoms with Crippen molar-refractivity contribution in [3.05, 3.63) is 12.2 Å². The van der Waals surface area contributed by atoms with Crippen LogP contribution in [-0.4, -0.2) is 12.6 Å². The molecule has 11 heavy (non-hydrogen) atoms. The standard InChI is InChI=1S/C9H16O2/c1-4-11-9(10)7-5-6-8(2)3/h5-6,8H,4,7H2,1-3H3/b6-5-. The zero-order chi connectivity index (χ0) is 8.69. The lowest BCUT2D eigenvalue weighted by Crippen LogP contribution is -2.01. The van der Waals surface area contributed by atoms with Crippen LogP contribution < -0.4 is 0 Å². The molecule has 0 N–H and O–H groups in total. The summed E-state index contributed by atoms with van der Waals surface area (Å²) in [5, 5.41) is 0. The van der Waals surface area contributed by atoms with Crippen LogP contribution in [0.15, 0.2) is 12.2 Å². The Morgan fingerprint density at radius 3 is 2.64 bits per heavy atom. The van der Waals surface area contributed by atoms with Gasteiger partial charge in [0.15, 0.2) is 0 Å². The SMILES string of the molecule is CCOC(=O)C/C=C\C(C)C. The van der Waals surface area contributed by atoms with Crippen molar-refractivity contribution in [3.63, 3.8) is 0 Å². The first kappa shape index (κ1) is 10.2. The third kappa shape index (κ3) is 7.10. The van der Waals surface area contributed by atoms with Crippen molar-refractivity contribution < 1.29 is 9.53 Å². The highest BCUT2D eigenvalue weighted by atomic mass is 16.5. The van der Waals surface area contributed by atoms with Gasteiger partial charge in [-0.1, -0.05) is 26.0 Å². The summed E-state index contributed by atoms with van der Waals surface area (Å²) < 4.78 is 4.73. The first-order valence-corrected chi connectivity index (χ1v) is 3.99. The summed E-state index contributed by atoms with van der Waals surface area (Å²) in [6.45, 7) is 6.42. The highest BCUT2D eigenvalue weighted by Crippen LogP contribution is 1.96. The number of carbonyl (C=O) groups is 1. The maximum absolute atomic E-state index is 10.8. The van der Waals surface area contributed by atoms with Gasteiger partial charge in [-0.2, -0.15) is 0 Å². The fourth-order valence-electron chi connectivity index (χ4n) is 0.656. The summed E-state index contributed by atoms with van der Waals surface area (Å²) in [6, 6.07) is 0. The average Bonchev–Trinajstić information content (AvgIpc) is 1.87. The largest absolute Gasteiger partial charge is 0.466 e. The van der Waals surface area contributed by atoms with Gasteiger partial charge < -0.3 is 4.74 Å². The van der Waals surface area contributed by atoms with Crippen molar-refractivity contribution >= 4 is 5.97 Å². The average molecular weight is 156 g/mol. The Bertz CT molecular complexity index is 136. The van der Waals surface area contributed by atoms with E-state index in [0.29, 0.717) is 18.9 Å². The predicted octanol–water partition coefficient (Wildman–Crippen LogP) is 2.15. The van der Waals surface area contributed by atoms with Crippen LogP contribution in [0.2, 0.25) is 0 Å². The fourth-order valence-corrected chi connectivity index (χ4v) is 0.656. The Labute approximate surface area is 68.2 Å². The van der Waals surface area contributed by atoms with Crippen molar-refractivity contribution in [1.82, 2.24) is 0 Å². The molecule has 2 nitrogen and oxygen atoms in total. The summed E-state index contributed by atoms with van der Waals surface area (Å²) in [6.07, 6.45) is 4.24. The molecule has 0 amide bonds. The van der Waals surface area contributed by atoms with Crippen molar-refractivity contribution in [3.8, 4) is 0 Å². The number of carbonyl (C=O) groups excluding carboxylic acids is 1. The van der Waals surface area contributed by atoms with Gasteiger partial charge in [-0.3, -0.25) is 4.79 Å². The quantitative estimate of drug-likeness (QED) is 0.460. The van der Waals surface area contributed by atoms with Crippen LogP contribution in [0.5, 0.6) is 0 Å². The molecule has 0 aromatic heterocycles. The van der Waals surface area contributed by atoms with Gasteiger partial charge in [0, 0.05) is 0 Å². The molecule has 0 saturated carbocycles. The molecular weight excluding hydrogens is 140 g/mol. The maximum Gasteiger partial charge on any atom is 0.309 e. The number of hydrogen-bond donors (Lipinski definition) is 0. The second-order valence-electron chi connectivity index (χ2n) is 2.68. The van der Waals surface area contributed by atoms with E-state index in [1.807, 2.05) is 19.1 Å². The number of ether oxygens (including phenoxy) is 1. The minimum atomic E-state index is -0.149. The van der Waals surface area contributed by atoms with E-state index in [-0.39, 0.29) is 5.97 Å². The van der Waals surface area contributed by atoms with E-state index in [1.165, 1.54) is 0 Å². The monoisotopic (exact) mass is 156 g/mol. The molecule has 0 spiro atoms. The second kappa shape index (κ2) is 5.96. The van der Waals surface area contributed by atoms with Gasteiger partial charge in [0.1, 0.15) is 0 Å². The molecule has 0 rings (SSSR count). The highest BCUT2D eigenvalue weighted by molar-refractivity contribution is 5.71. The second-order valence-corrected chi connectivity index (χ2v) is 2.68. The van der Waals surface area contributed by atoms with Gasteiger partial charge >= 0.3 is 5.97 Å². The smallest absolute Gasteiger partial charge is 0.309 e. The van der Waals surface area contributed by atoms with Gasteiger partial charge in [-0.05, 0) is 12.8 Å². The molecule has 0 aromatic carbocycles. The van der Waals surface area contributed by atoms with E-state index >= 15 is 0 Å². The Hall–Kier alpha value is -0.790. The summed E-state index contributed by atoms with van der Waals surface area (Å²) in [5.74, 6) is 0.355. The molecule has 0 saturated heterocycles. The molecule has 0 aliphatic carbocycles. The molecule has 0 unspecified atom stereocenters. The molecule has 0 atom stereocenters. The Balaban J connectivity index is 3.45. The Morgan fingerprint density at radius 2 is 2.18 bits per heavy atom. The summed E-state index contributed by atoms with van der Waals surface area (Å²) >= 11 is 0. The van der Waals surface area contributed by atoms with Gasteiger partial charge in [0.05, 0.1) is 13.0 Å². The van der Waals surface area contributed by atoms with Crippen LogP contribution in [-0.2, 0) is 9.53 Å². The van der Waals surface area contributed by atoms with Crippen molar-refractivity contribution in [2.45, 2.75) is 27.2 Å². The molecule has 0 aliphatic heterocycles. The summed E-state index contributed by atoms with van der Waals surface area (Å²) in [5.41, 5.74) is 0. The summed E-state index contributed by atoms with van der Waals surface area (Å²) in [4.78, 5) is 10.8. The van der Waals surface area contributed by atoms with Crippen LogP contribution in [0.4, 0.5) is 0 Å². The molecule has 0 aromatic rings. The van der Waals surface area contributed by atoms with Crippen LogP contribution in [0, 0.1) is 5.92 Å². The lowest BCUT2D eigenvalue weighted by Gasteiger charge is -1.97. The minimum absolute atomic E-state index is 0.149. The van der Waals surface area contributed by atoms with Crippen molar-refractivity contribution in [2.24, 2.45) is 5.92 Å². The van der Waals surface area contributed by atoms with E-state index in [1.54, 1.807) is 0 Å². The van der Waals surface area contributed by atoms with Crippen LogP contribution in [0.3, 0.4) is 0 Å². The Morgan fingerprint density at radius 1 is 1.55 bits per heavy atom. The molecule has 0 fully saturated rings. The zero-order valence-corrected chi connectivity index (χ0v) is 7.46. The van der Waals surface area contributed by atoms with Crippen LogP contribution in [0.25, 0.3) is 0 Å². The molecule has 0 aliphatic rings. The van der Waals surface area contributed by atoms with Gasteiger partial charge in [-0.25, -0.2) is 0 Å². The zero-order valence-electron chi connectivity index (χ0n) is 7.46. The molecule has 2 heteroatoms. The first-order chi connectivity index (χ1) is 5.16. The van der Waals surface area contributed by atoms with E-state index in [2.05, 4.69) is 13.8 Å². The number of hydrogen-bond acceptors (Lipinski definition) is 2.